The molecular weight excluding hydrogens is 140 g/mol. The number of nitrogens with one attached hydrogen (secondary N) is 1. The fourth-order valence-corrected chi connectivity index (χ4v) is 0.720. The fourth-order valence-electron chi connectivity index (χ4n) is 0.720. The highest BCUT2D eigenvalue weighted by Gasteiger charge is 1.89. The SMILES string of the molecule is CCNOCc1cccnc1. The summed E-state index contributed by atoms with van der Waals surface area (Å²) in [6.45, 7) is 3.38. The summed E-state index contributed by atoms with van der Waals surface area (Å²) < 4.78 is 0. The first kappa shape index (κ1) is 8.17. The van der Waals surface area contributed by atoms with E-state index in [0.29, 0.717) is 6.61 Å². The molecule has 0 aliphatic heterocycles. The van der Waals surface area contributed by atoms with Gasteiger partial charge >= 0.3 is 0 Å². The van der Waals surface area contributed by atoms with Crippen LogP contribution in [0, 0.1) is 0 Å². The standard InChI is InChI=1S/C8H12N2O/c1-2-10-11-7-8-4-3-5-9-6-8/h3-6,10H,2,7H2,1H3. The first-order chi connectivity index (χ1) is 5.43. The topological polar surface area (TPSA) is 34.1 Å². The van der Waals surface area contributed by atoms with E-state index in [9.17, 15) is 0 Å². The van der Waals surface area contributed by atoms with Crippen molar-refractivity contribution in [1.82, 2.24) is 10.5 Å². The molecule has 1 aromatic heterocycles. The van der Waals surface area contributed by atoms with Gasteiger partial charge in [-0.05, 0) is 11.6 Å². The molecule has 0 fully saturated rings. The van der Waals surface area contributed by atoms with Crippen molar-refractivity contribution in [2.24, 2.45) is 0 Å². The highest BCUT2D eigenvalue weighted by atomic mass is 16.6. The Hall–Kier alpha value is -0.930. The van der Waals surface area contributed by atoms with Crippen LogP contribution in [0.5, 0.6) is 0 Å². The van der Waals surface area contributed by atoms with Crippen molar-refractivity contribution in [2.75, 3.05) is 6.54 Å². The minimum Gasteiger partial charge on any atom is -0.297 e. The van der Waals surface area contributed by atoms with Crippen molar-refractivity contribution in [3.63, 3.8) is 0 Å². The molecule has 0 unspecified atom stereocenters. The zero-order chi connectivity index (χ0) is 7.94. The third-order valence-electron chi connectivity index (χ3n) is 1.21. The Kier molecular flexibility index (Phi) is 3.58. The number of hydroxylamine groups is 1. The molecule has 3 heteroatoms. The van der Waals surface area contributed by atoms with E-state index in [1.165, 1.54) is 0 Å². The van der Waals surface area contributed by atoms with E-state index in [1.54, 1.807) is 12.4 Å². The summed E-state index contributed by atoms with van der Waals surface area (Å²) in [7, 11) is 0. The van der Waals surface area contributed by atoms with E-state index >= 15 is 0 Å². The van der Waals surface area contributed by atoms with Gasteiger partial charge in [0.25, 0.3) is 0 Å². The Bertz CT molecular complexity index is 189. The van der Waals surface area contributed by atoms with E-state index in [4.69, 9.17) is 4.84 Å². The molecule has 1 aromatic rings. The maximum atomic E-state index is 5.08. The van der Waals surface area contributed by atoms with Crippen LogP contribution in [0.3, 0.4) is 0 Å². The predicted molar refractivity (Wildman–Crippen MR) is 42.7 cm³/mol. The van der Waals surface area contributed by atoms with Gasteiger partial charge in [0, 0.05) is 18.9 Å². The molecule has 1 heterocycles. The van der Waals surface area contributed by atoms with E-state index in [1.807, 2.05) is 19.1 Å². The maximum Gasteiger partial charge on any atom is 0.0947 e. The van der Waals surface area contributed by atoms with Crippen LogP contribution < -0.4 is 5.48 Å². The lowest BCUT2D eigenvalue weighted by atomic mass is 10.3. The molecule has 11 heavy (non-hydrogen) atoms. The van der Waals surface area contributed by atoms with Crippen LogP contribution in [0.1, 0.15) is 12.5 Å². The van der Waals surface area contributed by atoms with Crippen LogP contribution in [-0.4, -0.2) is 11.5 Å². The monoisotopic (exact) mass is 152 g/mol. The van der Waals surface area contributed by atoms with Crippen LogP contribution in [0.25, 0.3) is 0 Å². The van der Waals surface area contributed by atoms with Gasteiger partial charge in [-0.3, -0.25) is 9.82 Å². The second-order valence-electron chi connectivity index (χ2n) is 2.15. The first-order valence-corrected chi connectivity index (χ1v) is 3.67. The Morgan fingerprint density at radius 1 is 1.64 bits per heavy atom. The van der Waals surface area contributed by atoms with Crippen molar-refractivity contribution >= 4 is 0 Å². The van der Waals surface area contributed by atoms with Crippen molar-refractivity contribution in [3.8, 4) is 0 Å². The molecule has 0 spiro atoms. The van der Waals surface area contributed by atoms with Crippen LogP contribution >= 0.6 is 0 Å². The largest absolute Gasteiger partial charge is 0.297 e. The molecule has 0 saturated heterocycles. The van der Waals surface area contributed by atoms with Crippen molar-refractivity contribution in [2.45, 2.75) is 13.5 Å². The molecule has 0 radical (unpaired) electrons. The number of hydrogen-bond acceptors (Lipinski definition) is 3. The minimum atomic E-state index is 0.571. The highest BCUT2D eigenvalue weighted by molar-refractivity contribution is 5.06. The third kappa shape index (κ3) is 3.11. The average Bonchev–Trinajstić information content (AvgIpc) is 2.07. The average molecular weight is 152 g/mol. The summed E-state index contributed by atoms with van der Waals surface area (Å²) in [5.41, 5.74) is 3.85. The van der Waals surface area contributed by atoms with Gasteiger partial charge in [0.15, 0.2) is 0 Å². The molecule has 3 nitrogen and oxygen atoms in total. The molecule has 0 aliphatic rings. The lowest BCUT2D eigenvalue weighted by molar-refractivity contribution is 0.0312. The normalized spacial score (nSPS) is 9.91. The smallest absolute Gasteiger partial charge is 0.0947 e. The van der Waals surface area contributed by atoms with Crippen LogP contribution in [-0.2, 0) is 11.4 Å². The summed E-state index contributed by atoms with van der Waals surface area (Å²) in [5, 5.41) is 0. The molecule has 0 saturated carbocycles. The zero-order valence-corrected chi connectivity index (χ0v) is 6.58. The van der Waals surface area contributed by atoms with Crippen LogP contribution in [0.15, 0.2) is 24.5 Å². The Balaban J connectivity index is 2.28. The van der Waals surface area contributed by atoms with Gasteiger partial charge in [0.2, 0.25) is 0 Å². The second-order valence-corrected chi connectivity index (χ2v) is 2.15. The molecule has 0 atom stereocenters. The summed E-state index contributed by atoms with van der Waals surface area (Å²) >= 11 is 0. The lowest BCUT2D eigenvalue weighted by Gasteiger charge is -2.01. The molecule has 1 rings (SSSR count). The van der Waals surface area contributed by atoms with Gasteiger partial charge in [-0.15, -0.1) is 0 Å². The number of aromatic nitrogens is 1. The number of rotatable bonds is 4. The van der Waals surface area contributed by atoms with E-state index in [0.717, 1.165) is 12.1 Å². The van der Waals surface area contributed by atoms with E-state index in [2.05, 4.69) is 10.5 Å². The summed E-state index contributed by atoms with van der Waals surface area (Å²) in [6.07, 6.45) is 3.54. The zero-order valence-electron chi connectivity index (χ0n) is 6.58. The summed E-state index contributed by atoms with van der Waals surface area (Å²) in [5.74, 6) is 0. The van der Waals surface area contributed by atoms with E-state index < -0.39 is 0 Å². The molecule has 0 aliphatic carbocycles. The van der Waals surface area contributed by atoms with Gasteiger partial charge < -0.3 is 0 Å². The Morgan fingerprint density at radius 2 is 2.55 bits per heavy atom. The predicted octanol–water partition coefficient (Wildman–Crippen LogP) is 1.12. The van der Waals surface area contributed by atoms with Gasteiger partial charge in [-0.1, -0.05) is 13.0 Å². The number of nitrogens with zero attached hydrogens (tertiary/aromatic N) is 1. The third-order valence-corrected chi connectivity index (χ3v) is 1.21. The molecule has 0 amide bonds. The summed E-state index contributed by atoms with van der Waals surface area (Å²) in [4.78, 5) is 9.03. The van der Waals surface area contributed by atoms with Crippen molar-refractivity contribution in [3.05, 3.63) is 30.1 Å². The Labute approximate surface area is 66.4 Å². The van der Waals surface area contributed by atoms with Gasteiger partial charge in [-0.25, -0.2) is 5.48 Å². The minimum absolute atomic E-state index is 0.571. The molecule has 1 N–H and O–H groups in total. The van der Waals surface area contributed by atoms with Gasteiger partial charge in [0.05, 0.1) is 6.61 Å². The second kappa shape index (κ2) is 4.82. The fraction of sp³-hybridized carbons (Fsp3) is 0.375. The number of pyridine rings is 1. The van der Waals surface area contributed by atoms with Crippen LogP contribution in [0.2, 0.25) is 0 Å². The molecular formula is C8H12N2O. The van der Waals surface area contributed by atoms with Gasteiger partial charge in [0.1, 0.15) is 0 Å². The molecule has 0 bridgehead atoms. The van der Waals surface area contributed by atoms with E-state index in [-0.39, 0.29) is 0 Å². The highest BCUT2D eigenvalue weighted by Crippen LogP contribution is 1.95. The first-order valence-electron chi connectivity index (χ1n) is 3.67. The van der Waals surface area contributed by atoms with Crippen molar-refractivity contribution in [1.29, 1.82) is 0 Å². The van der Waals surface area contributed by atoms with Crippen LogP contribution in [0.4, 0.5) is 0 Å². The molecule has 60 valence electrons. The maximum absolute atomic E-state index is 5.08. The number of hydrogen-bond donors (Lipinski definition) is 1. The quantitative estimate of drug-likeness (QED) is 0.518. The Morgan fingerprint density at radius 3 is 3.18 bits per heavy atom. The molecule has 0 aromatic carbocycles. The van der Waals surface area contributed by atoms with Gasteiger partial charge in [-0.2, -0.15) is 0 Å². The summed E-state index contributed by atoms with van der Waals surface area (Å²) in [6, 6.07) is 3.87. The lowest BCUT2D eigenvalue weighted by Crippen LogP contribution is -2.12. The van der Waals surface area contributed by atoms with Crippen molar-refractivity contribution < 1.29 is 4.84 Å².